The molecule has 0 bridgehead atoms. The van der Waals surface area contributed by atoms with Crippen LogP contribution >= 0.6 is 23.4 Å². The van der Waals surface area contributed by atoms with Gasteiger partial charge in [-0.15, -0.1) is 0 Å². The van der Waals surface area contributed by atoms with Crippen LogP contribution in [0.4, 0.5) is 5.82 Å². The van der Waals surface area contributed by atoms with Crippen molar-refractivity contribution in [1.29, 1.82) is 0 Å². The maximum absolute atomic E-state index is 10.6. The fraction of sp³-hybridized carbons (Fsp3) is 0. The number of hydrogen-bond donors (Lipinski definition) is 1. The van der Waals surface area contributed by atoms with E-state index in [1.54, 1.807) is 0 Å². The summed E-state index contributed by atoms with van der Waals surface area (Å²) in [4.78, 5) is 13.9. The molecule has 0 saturated carbocycles. The fourth-order valence-electron chi connectivity index (χ4n) is 0.425. The molecule has 1 aromatic heterocycles. The van der Waals surface area contributed by atoms with Crippen LogP contribution < -0.4 is 11.4 Å². The van der Waals surface area contributed by atoms with Gasteiger partial charge in [0, 0.05) is 18.0 Å². The van der Waals surface area contributed by atoms with Crippen LogP contribution in [-0.2, 0) is 0 Å². The third kappa shape index (κ3) is 1.22. The lowest BCUT2D eigenvalue weighted by Crippen LogP contribution is -2.17. The Balaban J connectivity index is 3.43. The molecule has 0 aliphatic carbocycles. The molecular weight excluding hydrogens is 177 g/mol. The van der Waals surface area contributed by atoms with Gasteiger partial charge in [0.25, 0.3) is 0 Å². The molecule has 0 aromatic carbocycles. The van der Waals surface area contributed by atoms with E-state index in [-0.39, 0.29) is 10.8 Å². The lowest BCUT2D eigenvalue weighted by molar-refractivity contribution is 1.02. The Morgan fingerprint density at radius 1 is 1.70 bits per heavy atom. The molecule has 2 N–H and O–H groups in total. The Hall–Kier alpha value is -0.740. The van der Waals surface area contributed by atoms with Crippen LogP contribution in [0, 0.1) is 0 Å². The molecule has 1 aromatic rings. The van der Waals surface area contributed by atoms with E-state index in [4.69, 9.17) is 29.1 Å². The van der Waals surface area contributed by atoms with Crippen LogP contribution in [0.1, 0.15) is 0 Å². The average molecular weight is 180 g/mol. The van der Waals surface area contributed by atoms with Gasteiger partial charge in [-0.2, -0.15) is 4.98 Å². The Bertz CT molecular complexity index is 308. The van der Waals surface area contributed by atoms with Crippen LogP contribution in [0.5, 0.6) is 0 Å². The molecule has 0 unspecified atom stereocenters. The second-order valence-electron chi connectivity index (χ2n) is 1.57. The SMILES string of the molecule is Nc1nc(=O)n(Cl)cc1Cl. The summed E-state index contributed by atoms with van der Waals surface area (Å²) in [6, 6.07) is 0. The molecule has 0 aliphatic rings. The van der Waals surface area contributed by atoms with Crippen molar-refractivity contribution in [2.45, 2.75) is 0 Å². The first-order valence-electron chi connectivity index (χ1n) is 2.32. The zero-order valence-corrected chi connectivity index (χ0v) is 6.23. The summed E-state index contributed by atoms with van der Waals surface area (Å²) in [6.07, 6.45) is 1.19. The third-order valence-corrected chi connectivity index (χ3v) is 1.40. The quantitative estimate of drug-likeness (QED) is 0.631. The number of hydrogen-bond acceptors (Lipinski definition) is 3. The van der Waals surface area contributed by atoms with Crippen LogP contribution in [0.25, 0.3) is 0 Å². The second-order valence-corrected chi connectivity index (χ2v) is 2.34. The summed E-state index contributed by atoms with van der Waals surface area (Å²) in [6.45, 7) is 0. The smallest absolute Gasteiger partial charge is 0.364 e. The summed E-state index contributed by atoms with van der Waals surface area (Å²) in [5, 5.41) is 0.162. The van der Waals surface area contributed by atoms with Crippen molar-refractivity contribution in [2.24, 2.45) is 0 Å². The third-order valence-electron chi connectivity index (χ3n) is 0.870. The van der Waals surface area contributed by atoms with Crippen molar-refractivity contribution >= 4 is 29.2 Å². The standard InChI is InChI=1S/C4H3Cl2N3O/c5-2-1-9(6)4(10)8-3(2)7/h1H,(H2,7,8,10). The summed E-state index contributed by atoms with van der Waals surface area (Å²) in [5.74, 6) is -0.0106. The molecule has 0 fully saturated rings. The van der Waals surface area contributed by atoms with Crippen molar-refractivity contribution < 1.29 is 0 Å². The van der Waals surface area contributed by atoms with E-state index in [0.717, 1.165) is 4.09 Å². The van der Waals surface area contributed by atoms with Gasteiger partial charge >= 0.3 is 5.69 Å². The topological polar surface area (TPSA) is 60.9 Å². The molecule has 6 heteroatoms. The van der Waals surface area contributed by atoms with Crippen molar-refractivity contribution in [1.82, 2.24) is 9.07 Å². The van der Waals surface area contributed by atoms with Gasteiger partial charge in [-0.05, 0) is 0 Å². The van der Waals surface area contributed by atoms with Gasteiger partial charge in [-0.25, -0.2) is 8.88 Å². The Morgan fingerprint density at radius 3 is 2.80 bits per heavy atom. The minimum Gasteiger partial charge on any atom is -0.382 e. The molecule has 0 atom stereocenters. The summed E-state index contributed by atoms with van der Waals surface area (Å²) in [7, 11) is 0. The predicted octanol–water partition coefficient (Wildman–Crippen LogP) is 0.481. The van der Waals surface area contributed by atoms with E-state index < -0.39 is 5.69 Å². The van der Waals surface area contributed by atoms with E-state index in [9.17, 15) is 4.79 Å². The second kappa shape index (κ2) is 2.48. The number of anilines is 1. The lowest BCUT2D eigenvalue weighted by atomic mass is 10.6. The molecule has 0 saturated heterocycles. The fourth-order valence-corrected chi connectivity index (χ4v) is 0.750. The van der Waals surface area contributed by atoms with Crippen LogP contribution in [-0.4, -0.2) is 9.07 Å². The number of rotatable bonds is 0. The number of aromatic nitrogens is 2. The molecular formula is C4H3Cl2N3O. The maximum Gasteiger partial charge on any atom is 0.364 e. The molecule has 4 nitrogen and oxygen atoms in total. The molecule has 10 heavy (non-hydrogen) atoms. The number of halogens is 2. The van der Waals surface area contributed by atoms with Crippen molar-refractivity contribution in [3.8, 4) is 0 Å². The molecule has 54 valence electrons. The number of nitrogens with zero attached hydrogens (tertiary/aromatic N) is 2. The van der Waals surface area contributed by atoms with E-state index in [1.807, 2.05) is 0 Å². The first-order chi connectivity index (χ1) is 4.61. The van der Waals surface area contributed by atoms with Crippen molar-refractivity contribution in [3.63, 3.8) is 0 Å². The van der Waals surface area contributed by atoms with E-state index >= 15 is 0 Å². The summed E-state index contributed by atoms with van der Waals surface area (Å²) >= 11 is 10.7. The maximum atomic E-state index is 10.6. The highest BCUT2D eigenvalue weighted by molar-refractivity contribution is 6.33. The normalized spacial score (nSPS) is 9.80. The highest BCUT2D eigenvalue weighted by atomic mass is 35.5. The minimum atomic E-state index is -0.636. The van der Waals surface area contributed by atoms with Gasteiger partial charge < -0.3 is 5.73 Å². The van der Waals surface area contributed by atoms with Crippen LogP contribution in [0.3, 0.4) is 0 Å². The van der Waals surface area contributed by atoms with E-state index in [0.29, 0.717) is 0 Å². The van der Waals surface area contributed by atoms with Gasteiger partial charge in [0.1, 0.15) is 10.8 Å². The van der Waals surface area contributed by atoms with Gasteiger partial charge in [0.2, 0.25) is 0 Å². The Labute approximate surface area is 66.3 Å². The van der Waals surface area contributed by atoms with Crippen molar-refractivity contribution in [2.75, 3.05) is 5.73 Å². The average Bonchev–Trinajstić information content (AvgIpc) is 1.84. The van der Waals surface area contributed by atoms with E-state index in [1.165, 1.54) is 6.20 Å². The first kappa shape index (κ1) is 7.37. The summed E-state index contributed by atoms with van der Waals surface area (Å²) in [5.41, 5.74) is 4.54. The highest BCUT2D eigenvalue weighted by Gasteiger charge is 1.99. The zero-order valence-electron chi connectivity index (χ0n) is 4.71. The van der Waals surface area contributed by atoms with Gasteiger partial charge in [-0.3, -0.25) is 0 Å². The Morgan fingerprint density at radius 2 is 2.30 bits per heavy atom. The zero-order chi connectivity index (χ0) is 7.72. The molecule has 1 rings (SSSR count). The van der Waals surface area contributed by atoms with Gasteiger partial charge in [0.15, 0.2) is 0 Å². The highest BCUT2D eigenvalue weighted by Crippen LogP contribution is 2.11. The van der Waals surface area contributed by atoms with Crippen molar-refractivity contribution in [3.05, 3.63) is 21.7 Å². The number of nitrogen functional groups attached to an aromatic ring is 1. The van der Waals surface area contributed by atoms with Crippen LogP contribution in [0.2, 0.25) is 5.02 Å². The molecule has 1 heterocycles. The monoisotopic (exact) mass is 179 g/mol. The van der Waals surface area contributed by atoms with Gasteiger partial charge in [-0.1, -0.05) is 11.6 Å². The van der Waals surface area contributed by atoms with Gasteiger partial charge in [0.05, 0.1) is 0 Å². The first-order valence-corrected chi connectivity index (χ1v) is 3.03. The summed E-state index contributed by atoms with van der Waals surface area (Å²) < 4.78 is 0.735. The van der Waals surface area contributed by atoms with Crippen LogP contribution in [0.15, 0.2) is 11.0 Å². The Kier molecular flexibility index (Phi) is 1.82. The molecule has 0 radical (unpaired) electrons. The predicted molar refractivity (Wildman–Crippen MR) is 39.2 cm³/mol. The largest absolute Gasteiger partial charge is 0.382 e. The van der Waals surface area contributed by atoms with E-state index in [2.05, 4.69) is 4.98 Å². The molecule has 0 aliphatic heterocycles. The molecule has 0 amide bonds. The lowest BCUT2D eigenvalue weighted by Gasteiger charge is -1.95. The number of nitrogens with two attached hydrogens (primary N) is 1. The molecule has 0 spiro atoms. The minimum absolute atomic E-state index is 0.0106.